The quantitative estimate of drug-likeness (QED) is 0.724. The lowest BCUT2D eigenvalue weighted by Gasteiger charge is -2.06. The van der Waals surface area contributed by atoms with E-state index in [1.807, 2.05) is 30.3 Å². The standard InChI is InChI=1S/C19H17ClN4O2/c1-12-16(17(20)24(23-12)11-13-5-3-2-4-6-13)19(26)22-15-9-7-14(8-10-15)18(21)25/h2-10H,11H2,1H3,(H2,21,25)(H,22,26). The first-order valence-electron chi connectivity index (χ1n) is 7.93. The van der Waals surface area contributed by atoms with E-state index in [0.717, 1.165) is 5.56 Å². The molecule has 0 aliphatic carbocycles. The Kier molecular flexibility index (Phi) is 5.04. The van der Waals surface area contributed by atoms with Crippen molar-refractivity contribution in [1.82, 2.24) is 9.78 Å². The van der Waals surface area contributed by atoms with Gasteiger partial charge < -0.3 is 11.1 Å². The topological polar surface area (TPSA) is 90.0 Å². The summed E-state index contributed by atoms with van der Waals surface area (Å²) in [4.78, 5) is 23.7. The second kappa shape index (κ2) is 7.41. The molecule has 3 rings (SSSR count). The summed E-state index contributed by atoms with van der Waals surface area (Å²) in [5.74, 6) is -0.886. The monoisotopic (exact) mass is 368 g/mol. The molecule has 0 saturated carbocycles. The Balaban J connectivity index is 1.80. The molecule has 2 aromatic carbocycles. The molecular weight excluding hydrogens is 352 g/mol. The van der Waals surface area contributed by atoms with Crippen LogP contribution in [0, 0.1) is 6.92 Å². The maximum absolute atomic E-state index is 12.6. The third-order valence-corrected chi connectivity index (χ3v) is 4.28. The van der Waals surface area contributed by atoms with Crippen molar-refractivity contribution >= 4 is 29.1 Å². The summed E-state index contributed by atoms with van der Waals surface area (Å²) in [6.07, 6.45) is 0. The van der Waals surface area contributed by atoms with E-state index in [1.165, 1.54) is 0 Å². The molecule has 1 aromatic heterocycles. The molecule has 0 aliphatic rings. The van der Waals surface area contributed by atoms with Gasteiger partial charge in [0.15, 0.2) is 0 Å². The number of hydrogen-bond donors (Lipinski definition) is 2. The van der Waals surface area contributed by atoms with Crippen LogP contribution in [0.1, 0.15) is 32.0 Å². The number of carbonyl (C=O) groups is 2. The Morgan fingerprint density at radius 1 is 1.12 bits per heavy atom. The lowest BCUT2D eigenvalue weighted by atomic mass is 10.2. The number of aryl methyl sites for hydroxylation is 1. The van der Waals surface area contributed by atoms with Gasteiger partial charge in [0.25, 0.3) is 5.91 Å². The molecule has 132 valence electrons. The predicted molar refractivity (Wildman–Crippen MR) is 100 cm³/mol. The lowest BCUT2D eigenvalue weighted by Crippen LogP contribution is -2.14. The number of halogens is 1. The highest BCUT2D eigenvalue weighted by molar-refractivity contribution is 6.33. The second-order valence-corrected chi connectivity index (χ2v) is 6.15. The van der Waals surface area contributed by atoms with Crippen LogP contribution in [0.3, 0.4) is 0 Å². The van der Waals surface area contributed by atoms with E-state index in [1.54, 1.807) is 35.9 Å². The van der Waals surface area contributed by atoms with Crippen LogP contribution in [0.4, 0.5) is 5.69 Å². The van der Waals surface area contributed by atoms with Crippen LogP contribution >= 0.6 is 11.6 Å². The fourth-order valence-corrected chi connectivity index (χ4v) is 2.90. The Bertz CT molecular complexity index is 950. The molecule has 0 unspecified atom stereocenters. The number of hydrogen-bond acceptors (Lipinski definition) is 3. The van der Waals surface area contributed by atoms with Gasteiger partial charge in [0.1, 0.15) is 5.15 Å². The second-order valence-electron chi connectivity index (χ2n) is 5.79. The minimum atomic E-state index is -0.524. The summed E-state index contributed by atoms with van der Waals surface area (Å²) in [7, 11) is 0. The number of carbonyl (C=O) groups excluding carboxylic acids is 2. The van der Waals surface area contributed by atoms with Crippen LogP contribution < -0.4 is 11.1 Å². The van der Waals surface area contributed by atoms with E-state index < -0.39 is 5.91 Å². The number of nitrogens with one attached hydrogen (secondary N) is 1. The van der Waals surface area contributed by atoms with Crippen LogP contribution in [0.25, 0.3) is 0 Å². The number of primary amides is 1. The fourth-order valence-electron chi connectivity index (χ4n) is 2.58. The molecule has 2 amide bonds. The van der Waals surface area contributed by atoms with Crippen molar-refractivity contribution in [2.45, 2.75) is 13.5 Å². The highest BCUT2D eigenvalue weighted by atomic mass is 35.5. The van der Waals surface area contributed by atoms with Crippen LogP contribution in [0.15, 0.2) is 54.6 Å². The number of amides is 2. The molecule has 0 saturated heterocycles. The first kappa shape index (κ1) is 17.7. The van der Waals surface area contributed by atoms with Crippen molar-refractivity contribution in [3.8, 4) is 0 Å². The van der Waals surface area contributed by atoms with Crippen LogP contribution in [0.2, 0.25) is 5.15 Å². The molecule has 0 bridgehead atoms. The third kappa shape index (κ3) is 3.75. The third-order valence-electron chi connectivity index (χ3n) is 3.89. The van der Waals surface area contributed by atoms with Gasteiger partial charge in [0.05, 0.1) is 17.8 Å². The van der Waals surface area contributed by atoms with Gasteiger partial charge in [-0.15, -0.1) is 0 Å². The highest BCUT2D eigenvalue weighted by Crippen LogP contribution is 2.22. The SMILES string of the molecule is Cc1nn(Cc2ccccc2)c(Cl)c1C(=O)Nc1ccc(C(N)=O)cc1. The summed E-state index contributed by atoms with van der Waals surface area (Å²) in [6.45, 7) is 2.21. The van der Waals surface area contributed by atoms with E-state index in [4.69, 9.17) is 17.3 Å². The fraction of sp³-hybridized carbons (Fsp3) is 0.105. The Morgan fingerprint density at radius 2 is 1.77 bits per heavy atom. The van der Waals surface area contributed by atoms with E-state index in [9.17, 15) is 9.59 Å². The van der Waals surface area contributed by atoms with Gasteiger partial charge in [0, 0.05) is 11.3 Å². The number of aromatic nitrogens is 2. The average molecular weight is 369 g/mol. The molecule has 0 atom stereocenters. The number of nitrogens with two attached hydrogens (primary N) is 1. The molecule has 3 aromatic rings. The zero-order chi connectivity index (χ0) is 18.7. The average Bonchev–Trinajstić information content (AvgIpc) is 2.90. The zero-order valence-corrected chi connectivity index (χ0v) is 14.8. The summed E-state index contributed by atoms with van der Waals surface area (Å²) in [6, 6.07) is 16.0. The van der Waals surface area contributed by atoms with E-state index in [0.29, 0.717) is 29.1 Å². The zero-order valence-electron chi connectivity index (χ0n) is 14.1. The van der Waals surface area contributed by atoms with E-state index in [-0.39, 0.29) is 11.1 Å². The van der Waals surface area contributed by atoms with E-state index >= 15 is 0 Å². The molecule has 0 fully saturated rings. The van der Waals surface area contributed by atoms with Crippen LogP contribution in [-0.4, -0.2) is 21.6 Å². The largest absolute Gasteiger partial charge is 0.366 e. The van der Waals surface area contributed by atoms with Crippen molar-refractivity contribution in [1.29, 1.82) is 0 Å². The van der Waals surface area contributed by atoms with Gasteiger partial charge in [-0.3, -0.25) is 9.59 Å². The highest BCUT2D eigenvalue weighted by Gasteiger charge is 2.20. The van der Waals surface area contributed by atoms with Gasteiger partial charge in [-0.2, -0.15) is 5.10 Å². The van der Waals surface area contributed by atoms with Gasteiger partial charge in [-0.1, -0.05) is 41.9 Å². The number of anilines is 1. The Labute approximate surface area is 155 Å². The molecule has 0 spiro atoms. The minimum absolute atomic E-state index is 0.276. The van der Waals surface area contributed by atoms with Gasteiger partial charge in [-0.25, -0.2) is 4.68 Å². The maximum Gasteiger partial charge on any atom is 0.260 e. The first-order chi connectivity index (χ1) is 12.5. The Hall–Kier alpha value is -3.12. The van der Waals surface area contributed by atoms with Crippen LogP contribution in [-0.2, 0) is 6.54 Å². The number of rotatable bonds is 5. The number of nitrogens with zero attached hydrogens (tertiary/aromatic N) is 2. The molecular formula is C19H17ClN4O2. The van der Waals surface area contributed by atoms with Gasteiger partial charge in [0.2, 0.25) is 5.91 Å². The van der Waals surface area contributed by atoms with Crippen molar-refractivity contribution in [2.75, 3.05) is 5.32 Å². The Morgan fingerprint density at radius 3 is 2.38 bits per heavy atom. The lowest BCUT2D eigenvalue weighted by molar-refractivity contribution is 0.0998. The van der Waals surface area contributed by atoms with Crippen molar-refractivity contribution in [2.24, 2.45) is 5.73 Å². The van der Waals surface area contributed by atoms with Gasteiger partial charge >= 0.3 is 0 Å². The number of benzene rings is 2. The van der Waals surface area contributed by atoms with Crippen molar-refractivity contribution < 1.29 is 9.59 Å². The normalized spacial score (nSPS) is 10.5. The predicted octanol–water partition coefficient (Wildman–Crippen LogP) is 3.24. The molecule has 0 radical (unpaired) electrons. The molecule has 1 heterocycles. The van der Waals surface area contributed by atoms with Crippen molar-refractivity contribution in [3.63, 3.8) is 0 Å². The first-order valence-corrected chi connectivity index (χ1v) is 8.31. The van der Waals surface area contributed by atoms with Crippen molar-refractivity contribution in [3.05, 3.63) is 82.1 Å². The van der Waals surface area contributed by atoms with E-state index in [2.05, 4.69) is 10.4 Å². The molecule has 26 heavy (non-hydrogen) atoms. The summed E-state index contributed by atoms with van der Waals surface area (Å²) in [5, 5.41) is 7.40. The molecule has 0 aliphatic heterocycles. The smallest absolute Gasteiger partial charge is 0.260 e. The molecule has 6 nitrogen and oxygen atoms in total. The summed E-state index contributed by atoms with van der Waals surface area (Å²) >= 11 is 6.39. The molecule has 3 N–H and O–H groups in total. The van der Waals surface area contributed by atoms with Gasteiger partial charge in [-0.05, 0) is 36.8 Å². The summed E-state index contributed by atoms with van der Waals surface area (Å²) < 4.78 is 1.59. The van der Waals surface area contributed by atoms with Crippen LogP contribution in [0.5, 0.6) is 0 Å². The maximum atomic E-state index is 12.6. The minimum Gasteiger partial charge on any atom is -0.366 e. The molecule has 7 heteroatoms. The summed E-state index contributed by atoms with van der Waals surface area (Å²) in [5.41, 5.74) is 8.00.